The summed E-state index contributed by atoms with van der Waals surface area (Å²) in [6.45, 7) is 0.343. The topological polar surface area (TPSA) is 62.2 Å². The molecule has 0 aromatic carbocycles. The molecule has 1 aliphatic carbocycles. The van der Waals surface area contributed by atoms with Crippen molar-refractivity contribution in [3.63, 3.8) is 0 Å². The number of amides is 1. The molecule has 2 N–H and O–H groups in total. The van der Waals surface area contributed by atoms with Gasteiger partial charge in [0.05, 0.1) is 24.3 Å². The highest BCUT2D eigenvalue weighted by Gasteiger charge is 2.31. The van der Waals surface area contributed by atoms with E-state index < -0.39 is 5.60 Å². The molecule has 104 valence electrons. The molecule has 5 heteroatoms. The molecule has 0 bridgehead atoms. The van der Waals surface area contributed by atoms with Gasteiger partial charge in [0.2, 0.25) is 5.91 Å². The zero-order valence-corrected chi connectivity index (χ0v) is 11.6. The molecular weight excluding hydrogens is 264 g/mol. The molecule has 19 heavy (non-hydrogen) atoms. The predicted molar refractivity (Wildman–Crippen MR) is 73.7 cm³/mol. The highest BCUT2D eigenvalue weighted by Crippen LogP contribution is 2.30. The van der Waals surface area contributed by atoms with Gasteiger partial charge in [-0.1, -0.05) is 30.9 Å². The Hall–Kier alpha value is -1.13. The van der Waals surface area contributed by atoms with Crippen LogP contribution in [0.4, 0.5) is 0 Å². The molecule has 0 aliphatic heterocycles. The van der Waals surface area contributed by atoms with Gasteiger partial charge >= 0.3 is 0 Å². The van der Waals surface area contributed by atoms with Crippen LogP contribution in [-0.4, -0.2) is 21.6 Å². The van der Waals surface area contributed by atoms with Crippen LogP contribution in [0.25, 0.3) is 0 Å². The summed E-state index contributed by atoms with van der Waals surface area (Å²) in [5, 5.41) is 13.7. The summed E-state index contributed by atoms with van der Waals surface area (Å²) >= 11 is 5.85. The molecule has 0 saturated heterocycles. The number of carbonyl (C=O) groups excluding carboxylic acids is 1. The van der Waals surface area contributed by atoms with Crippen molar-refractivity contribution >= 4 is 17.5 Å². The van der Waals surface area contributed by atoms with Crippen molar-refractivity contribution in [2.75, 3.05) is 0 Å². The third kappa shape index (κ3) is 4.48. The number of nitrogens with one attached hydrogen (secondary N) is 1. The highest BCUT2D eigenvalue weighted by molar-refractivity contribution is 6.30. The minimum Gasteiger partial charge on any atom is -0.389 e. The zero-order chi connectivity index (χ0) is 13.7. The Bertz CT molecular complexity index is 445. The number of rotatable bonds is 4. The first kappa shape index (κ1) is 14.3. The predicted octanol–water partition coefficient (Wildman–Crippen LogP) is 2.44. The molecule has 0 radical (unpaired) electrons. The lowest BCUT2D eigenvalue weighted by Crippen LogP contribution is -2.38. The van der Waals surface area contributed by atoms with E-state index in [1.165, 1.54) is 0 Å². The molecule has 2 rings (SSSR count). The lowest BCUT2D eigenvalue weighted by Gasteiger charge is -2.31. The Morgan fingerprint density at radius 3 is 2.84 bits per heavy atom. The molecule has 4 nitrogen and oxygen atoms in total. The molecule has 1 heterocycles. The number of hydrogen-bond acceptors (Lipinski definition) is 3. The fourth-order valence-corrected chi connectivity index (χ4v) is 2.66. The van der Waals surface area contributed by atoms with E-state index in [1.807, 2.05) is 0 Å². The van der Waals surface area contributed by atoms with Crippen LogP contribution in [-0.2, 0) is 11.3 Å². The number of aliphatic hydroxyl groups is 1. The van der Waals surface area contributed by atoms with Gasteiger partial charge < -0.3 is 10.4 Å². The summed E-state index contributed by atoms with van der Waals surface area (Å²) in [5.74, 6) is -0.133. The number of pyridine rings is 1. The molecule has 1 saturated carbocycles. The van der Waals surface area contributed by atoms with Gasteiger partial charge in [0.1, 0.15) is 0 Å². The van der Waals surface area contributed by atoms with Gasteiger partial charge in [-0.05, 0) is 25.0 Å². The maximum atomic E-state index is 11.8. The molecular formula is C14H19ClN2O2. The minimum absolute atomic E-state index is 0.133. The van der Waals surface area contributed by atoms with Crippen molar-refractivity contribution in [1.82, 2.24) is 10.3 Å². The van der Waals surface area contributed by atoms with E-state index in [1.54, 1.807) is 18.3 Å². The van der Waals surface area contributed by atoms with Crippen molar-refractivity contribution in [2.45, 2.75) is 50.7 Å². The third-order valence-electron chi connectivity index (χ3n) is 3.52. The maximum Gasteiger partial charge on any atom is 0.223 e. The van der Waals surface area contributed by atoms with Crippen LogP contribution in [0.15, 0.2) is 18.3 Å². The van der Waals surface area contributed by atoms with Crippen LogP contribution in [0.5, 0.6) is 0 Å². The van der Waals surface area contributed by atoms with Crippen LogP contribution in [0, 0.1) is 0 Å². The fraction of sp³-hybridized carbons (Fsp3) is 0.571. The van der Waals surface area contributed by atoms with E-state index in [-0.39, 0.29) is 12.3 Å². The standard InChI is InChI=1S/C14H19ClN2O2/c15-11-4-7-16-12(8-11)10-17-13(18)9-14(19)5-2-1-3-6-14/h4,7-8,19H,1-3,5-6,9-10H2,(H,17,18). The second-order valence-electron chi connectivity index (χ2n) is 5.20. The monoisotopic (exact) mass is 282 g/mol. The van der Waals surface area contributed by atoms with E-state index in [9.17, 15) is 9.90 Å². The van der Waals surface area contributed by atoms with Gasteiger partial charge in [0.25, 0.3) is 0 Å². The second-order valence-corrected chi connectivity index (χ2v) is 5.64. The number of hydrogen-bond donors (Lipinski definition) is 2. The third-order valence-corrected chi connectivity index (χ3v) is 3.75. The Kier molecular flexibility index (Phi) is 4.77. The summed E-state index contributed by atoms with van der Waals surface area (Å²) < 4.78 is 0. The highest BCUT2D eigenvalue weighted by atomic mass is 35.5. The van der Waals surface area contributed by atoms with Crippen molar-refractivity contribution in [3.05, 3.63) is 29.0 Å². The van der Waals surface area contributed by atoms with Gasteiger partial charge in [0, 0.05) is 11.2 Å². The normalized spacial score (nSPS) is 18.0. The van der Waals surface area contributed by atoms with Gasteiger partial charge in [-0.15, -0.1) is 0 Å². The van der Waals surface area contributed by atoms with Crippen molar-refractivity contribution in [2.24, 2.45) is 0 Å². The Balaban J connectivity index is 1.81. The van der Waals surface area contributed by atoms with Crippen LogP contribution >= 0.6 is 11.6 Å². The van der Waals surface area contributed by atoms with Crippen molar-refractivity contribution in [3.8, 4) is 0 Å². The van der Waals surface area contributed by atoms with Gasteiger partial charge in [-0.2, -0.15) is 0 Å². The van der Waals surface area contributed by atoms with E-state index in [4.69, 9.17) is 11.6 Å². The number of aromatic nitrogens is 1. The average Bonchev–Trinajstić information content (AvgIpc) is 2.37. The van der Waals surface area contributed by atoms with Crippen molar-refractivity contribution in [1.29, 1.82) is 0 Å². The SMILES string of the molecule is O=C(CC1(O)CCCCC1)NCc1cc(Cl)ccn1. The largest absolute Gasteiger partial charge is 0.389 e. The Morgan fingerprint density at radius 2 is 2.16 bits per heavy atom. The van der Waals surface area contributed by atoms with Crippen molar-refractivity contribution < 1.29 is 9.90 Å². The molecule has 0 unspecified atom stereocenters. The smallest absolute Gasteiger partial charge is 0.223 e. The molecule has 1 aromatic rings. The Morgan fingerprint density at radius 1 is 1.42 bits per heavy atom. The summed E-state index contributed by atoms with van der Waals surface area (Å²) in [6.07, 6.45) is 6.37. The van der Waals surface area contributed by atoms with Crippen LogP contribution in [0.2, 0.25) is 5.02 Å². The van der Waals surface area contributed by atoms with Crippen LogP contribution < -0.4 is 5.32 Å². The quantitative estimate of drug-likeness (QED) is 0.892. The van der Waals surface area contributed by atoms with E-state index >= 15 is 0 Å². The molecule has 1 fully saturated rings. The number of halogens is 1. The Labute approximate surface area is 118 Å². The van der Waals surface area contributed by atoms with Crippen LogP contribution in [0.1, 0.15) is 44.2 Å². The maximum absolute atomic E-state index is 11.8. The first-order valence-electron chi connectivity index (χ1n) is 6.67. The van der Waals surface area contributed by atoms with Gasteiger partial charge in [-0.3, -0.25) is 9.78 Å². The zero-order valence-electron chi connectivity index (χ0n) is 10.9. The lowest BCUT2D eigenvalue weighted by atomic mass is 9.82. The molecule has 1 amide bonds. The van der Waals surface area contributed by atoms with Gasteiger partial charge in [-0.25, -0.2) is 0 Å². The molecule has 1 aromatic heterocycles. The molecule has 1 aliphatic rings. The average molecular weight is 283 g/mol. The lowest BCUT2D eigenvalue weighted by molar-refractivity contribution is -0.127. The van der Waals surface area contributed by atoms with E-state index in [0.717, 1.165) is 37.8 Å². The molecule has 0 spiro atoms. The van der Waals surface area contributed by atoms with Gasteiger partial charge in [0.15, 0.2) is 0 Å². The van der Waals surface area contributed by atoms with E-state index in [0.29, 0.717) is 11.6 Å². The first-order chi connectivity index (χ1) is 9.07. The minimum atomic E-state index is -0.815. The van der Waals surface area contributed by atoms with E-state index in [2.05, 4.69) is 10.3 Å². The number of nitrogens with zero attached hydrogens (tertiary/aromatic N) is 1. The first-order valence-corrected chi connectivity index (χ1v) is 7.05. The van der Waals surface area contributed by atoms with Crippen LogP contribution in [0.3, 0.4) is 0 Å². The summed E-state index contributed by atoms with van der Waals surface area (Å²) in [7, 11) is 0. The second kappa shape index (κ2) is 6.35. The summed E-state index contributed by atoms with van der Waals surface area (Å²) in [5.41, 5.74) is -0.0964. The number of carbonyl (C=O) groups is 1. The fourth-order valence-electron chi connectivity index (χ4n) is 2.48. The molecule has 0 atom stereocenters. The summed E-state index contributed by atoms with van der Waals surface area (Å²) in [6, 6.07) is 3.41. The summed E-state index contributed by atoms with van der Waals surface area (Å²) in [4.78, 5) is 16.0.